The number of aliphatic imine (C=N–C) groups is 1. The fourth-order valence-electron chi connectivity index (χ4n) is 4.16. The number of carbonyl (C=O) groups excluding carboxylic acids is 1. The zero-order chi connectivity index (χ0) is 27.2. The molecule has 1 N–H and O–H groups in total. The molecule has 0 radical (unpaired) electrons. The first-order valence-electron chi connectivity index (χ1n) is 12.9. The average Bonchev–Trinajstić information content (AvgIpc) is 2.94. The number of rotatable bonds is 13. The van der Waals surface area contributed by atoms with Crippen LogP contribution in [-0.2, 0) is 9.53 Å². The van der Waals surface area contributed by atoms with E-state index in [-0.39, 0.29) is 17.5 Å². The fraction of sp³-hybridized carbons (Fsp3) is 0.367. The normalized spacial score (nSPS) is 15.1. The van der Waals surface area contributed by atoms with Crippen LogP contribution >= 0.6 is 11.6 Å². The van der Waals surface area contributed by atoms with E-state index in [1.165, 1.54) is 0 Å². The lowest BCUT2D eigenvalue weighted by molar-refractivity contribution is -0.117. The van der Waals surface area contributed by atoms with E-state index in [0.717, 1.165) is 62.6 Å². The van der Waals surface area contributed by atoms with E-state index in [1.807, 2.05) is 54.6 Å². The van der Waals surface area contributed by atoms with Crippen molar-refractivity contribution < 1.29 is 14.3 Å². The number of morpholine rings is 1. The zero-order valence-corrected chi connectivity index (χ0v) is 22.6. The van der Waals surface area contributed by atoms with Gasteiger partial charge in [-0.2, -0.15) is 5.26 Å². The molecule has 1 saturated heterocycles. The van der Waals surface area contributed by atoms with Crippen LogP contribution in [0.4, 0.5) is 5.69 Å². The summed E-state index contributed by atoms with van der Waals surface area (Å²) in [6.07, 6.45) is 7.38. The van der Waals surface area contributed by atoms with Gasteiger partial charge in [0.2, 0.25) is 0 Å². The van der Waals surface area contributed by atoms with Gasteiger partial charge in [0, 0.05) is 25.2 Å². The van der Waals surface area contributed by atoms with Gasteiger partial charge >= 0.3 is 0 Å². The van der Waals surface area contributed by atoms with Gasteiger partial charge in [-0.3, -0.25) is 14.7 Å². The molecule has 2 aromatic rings. The van der Waals surface area contributed by atoms with Crippen LogP contribution in [0.1, 0.15) is 43.4 Å². The van der Waals surface area contributed by atoms with Gasteiger partial charge in [-0.25, -0.2) is 0 Å². The molecule has 1 aliphatic heterocycles. The minimum absolute atomic E-state index is 0.0759. The van der Waals surface area contributed by atoms with Gasteiger partial charge in [-0.1, -0.05) is 67.4 Å². The number of hydrogen-bond acceptors (Lipinski definition) is 6. The lowest BCUT2D eigenvalue weighted by Crippen LogP contribution is -2.38. The number of benzene rings is 2. The molecule has 7 nitrogen and oxygen atoms in total. The molecule has 1 amide bonds. The molecule has 0 spiro atoms. The van der Waals surface area contributed by atoms with E-state index < -0.39 is 0 Å². The Morgan fingerprint density at radius 2 is 2.05 bits per heavy atom. The van der Waals surface area contributed by atoms with Gasteiger partial charge in [-0.15, -0.1) is 0 Å². The second kappa shape index (κ2) is 15.7. The standard InChI is InChI=1S/C30H35ClN4O3/c1-3-7-28(23-12-14-26(15-13-23)38-21-18-35-16-19-37-20-17-35)34-30(36)25(22-32)9-5-4-8-24-10-6-11-27(31)29(24)33-2/h4,6,8-15,28H,2-3,5,7,16-21H2,1H3,(H,34,36)/b8-4-,25-9+. The number of halogens is 1. The van der Waals surface area contributed by atoms with Crippen molar-refractivity contribution in [2.24, 2.45) is 4.99 Å². The maximum atomic E-state index is 12.9. The van der Waals surface area contributed by atoms with Crippen molar-refractivity contribution in [3.05, 3.63) is 76.3 Å². The lowest BCUT2D eigenvalue weighted by Gasteiger charge is -2.26. The molecule has 1 fully saturated rings. The molecule has 0 aliphatic carbocycles. The highest BCUT2D eigenvalue weighted by Gasteiger charge is 2.17. The number of hydrogen-bond donors (Lipinski definition) is 1. The number of nitrogens with zero attached hydrogens (tertiary/aromatic N) is 3. The summed E-state index contributed by atoms with van der Waals surface area (Å²) in [7, 11) is 0. The highest BCUT2D eigenvalue weighted by molar-refractivity contribution is 6.33. The summed E-state index contributed by atoms with van der Waals surface area (Å²) >= 11 is 6.15. The molecule has 1 aliphatic rings. The summed E-state index contributed by atoms with van der Waals surface area (Å²) in [5.74, 6) is 0.406. The van der Waals surface area contributed by atoms with Crippen LogP contribution in [-0.4, -0.2) is 57.0 Å². The number of nitrogens with one attached hydrogen (secondary N) is 1. The topological polar surface area (TPSA) is 87.0 Å². The molecule has 0 bridgehead atoms. The van der Waals surface area contributed by atoms with E-state index in [1.54, 1.807) is 12.1 Å². The van der Waals surface area contributed by atoms with Crippen molar-refractivity contribution in [1.82, 2.24) is 10.2 Å². The summed E-state index contributed by atoms with van der Waals surface area (Å²) < 4.78 is 11.3. The van der Waals surface area contributed by atoms with Crippen molar-refractivity contribution in [3.63, 3.8) is 0 Å². The van der Waals surface area contributed by atoms with Crippen molar-refractivity contribution in [2.45, 2.75) is 32.2 Å². The van der Waals surface area contributed by atoms with Crippen LogP contribution in [0.15, 0.2) is 65.2 Å². The van der Waals surface area contributed by atoms with Crippen molar-refractivity contribution in [1.29, 1.82) is 5.26 Å². The quantitative estimate of drug-likeness (QED) is 0.196. The van der Waals surface area contributed by atoms with Crippen LogP contribution < -0.4 is 10.1 Å². The molecule has 200 valence electrons. The summed E-state index contributed by atoms with van der Waals surface area (Å²) in [6, 6.07) is 15.1. The summed E-state index contributed by atoms with van der Waals surface area (Å²) in [5, 5.41) is 13.1. The Morgan fingerprint density at radius 1 is 1.29 bits per heavy atom. The van der Waals surface area contributed by atoms with Crippen molar-refractivity contribution >= 4 is 36.0 Å². The molecule has 38 heavy (non-hydrogen) atoms. The number of amides is 1. The molecular weight excluding hydrogens is 500 g/mol. The predicted octanol–water partition coefficient (Wildman–Crippen LogP) is 5.89. The molecular formula is C30H35ClN4O3. The number of carbonyl (C=O) groups is 1. The lowest BCUT2D eigenvalue weighted by atomic mass is 10.0. The third-order valence-electron chi connectivity index (χ3n) is 6.24. The number of para-hydroxylation sites is 1. The number of ether oxygens (including phenoxy) is 2. The van der Waals surface area contributed by atoms with Gasteiger partial charge in [-0.05, 0) is 43.3 Å². The fourth-order valence-corrected chi connectivity index (χ4v) is 4.41. The molecule has 1 unspecified atom stereocenters. The first kappa shape index (κ1) is 29.1. The highest BCUT2D eigenvalue weighted by atomic mass is 35.5. The van der Waals surface area contributed by atoms with Gasteiger partial charge < -0.3 is 14.8 Å². The second-order valence-corrected chi connectivity index (χ2v) is 9.30. The highest BCUT2D eigenvalue weighted by Crippen LogP contribution is 2.29. The summed E-state index contributed by atoms with van der Waals surface area (Å²) in [4.78, 5) is 19.2. The molecule has 0 saturated carbocycles. The first-order valence-corrected chi connectivity index (χ1v) is 13.3. The molecule has 1 atom stereocenters. The maximum Gasteiger partial charge on any atom is 0.262 e. The van der Waals surface area contributed by atoms with Crippen molar-refractivity contribution in [2.75, 3.05) is 39.5 Å². The van der Waals surface area contributed by atoms with E-state index in [9.17, 15) is 10.1 Å². The van der Waals surface area contributed by atoms with Crippen molar-refractivity contribution in [3.8, 4) is 11.8 Å². The van der Waals surface area contributed by atoms with Crippen LogP contribution in [0.2, 0.25) is 5.02 Å². The van der Waals surface area contributed by atoms with E-state index >= 15 is 0 Å². The monoisotopic (exact) mass is 534 g/mol. The smallest absolute Gasteiger partial charge is 0.262 e. The van der Waals surface area contributed by atoms with Gasteiger partial charge in [0.1, 0.15) is 24.0 Å². The van der Waals surface area contributed by atoms with Crippen LogP contribution in [0.3, 0.4) is 0 Å². The van der Waals surface area contributed by atoms with E-state index in [4.69, 9.17) is 21.1 Å². The number of nitriles is 1. The van der Waals surface area contributed by atoms with E-state index in [2.05, 4.69) is 28.9 Å². The minimum Gasteiger partial charge on any atom is -0.492 e. The summed E-state index contributed by atoms with van der Waals surface area (Å²) in [5.41, 5.74) is 2.47. The summed E-state index contributed by atoms with van der Waals surface area (Å²) in [6.45, 7) is 10.5. The zero-order valence-electron chi connectivity index (χ0n) is 21.9. The Labute approximate surface area is 230 Å². The molecule has 0 aromatic heterocycles. The first-order chi connectivity index (χ1) is 18.5. The predicted molar refractivity (Wildman–Crippen MR) is 153 cm³/mol. The molecule has 2 aromatic carbocycles. The molecule has 3 rings (SSSR count). The Bertz CT molecular complexity index is 1170. The van der Waals surface area contributed by atoms with Crippen LogP contribution in [0.5, 0.6) is 5.75 Å². The third-order valence-corrected chi connectivity index (χ3v) is 6.55. The Kier molecular flexibility index (Phi) is 12.1. The Hall–Kier alpha value is -3.44. The second-order valence-electron chi connectivity index (χ2n) is 8.89. The minimum atomic E-state index is -0.388. The number of allylic oxidation sites excluding steroid dienone is 2. The van der Waals surface area contributed by atoms with Gasteiger partial charge in [0.15, 0.2) is 0 Å². The van der Waals surface area contributed by atoms with Crippen LogP contribution in [0, 0.1) is 11.3 Å². The Balaban J connectivity index is 1.56. The van der Waals surface area contributed by atoms with Gasteiger partial charge in [0.05, 0.1) is 30.0 Å². The van der Waals surface area contributed by atoms with Crippen LogP contribution in [0.25, 0.3) is 6.08 Å². The largest absolute Gasteiger partial charge is 0.492 e. The molecule has 1 heterocycles. The average molecular weight is 535 g/mol. The van der Waals surface area contributed by atoms with Gasteiger partial charge in [0.25, 0.3) is 5.91 Å². The SMILES string of the molecule is C=Nc1c(Cl)cccc1/C=C\C/C=C(\C#N)C(=O)NC(CCC)c1ccc(OCCN2CCOCC2)cc1. The third kappa shape index (κ3) is 8.84. The Morgan fingerprint density at radius 3 is 2.74 bits per heavy atom. The maximum absolute atomic E-state index is 12.9. The molecule has 8 heteroatoms. The van der Waals surface area contributed by atoms with E-state index in [0.29, 0.717) is 23.7 Å².